The average Bonchev–Trinajstić information content (AvgIpc) is 3.33. The Morgan fingerprint density at radius 2 is 1.81 bits per heavy atom. The fourth-order valence-corrected chi connectivity index (χ4v) is 5.02. The van der Waals surface area contributed by atoms with E-state index in [1.165, 1.54) is 29.6 Å². The van der Waals surface area contributed by atoms with Crippen molar-refractivity contribution in [3.8, 4) is 11.6 Å². The van der Waals surface area contributed by atoms with Crippen molar-refractivity contribution in [2.45, 2.75) is 11.8 Å². The maximum atomic E-state index is 13.1. The second kappa shape index (κ2) is 8.55. The highest BCUT2D eigenvalue weighted by Crippen LogP contribution is 2.26. The average molecular weight is 458 g/mol. The third kappa shape index (κ3) is 4.14. The number of imidazole rings is 1. The van der Waals surface area contributed by atoms with Gasteiger partial charge < -0.3 is 15.4 Å². The van der Waals surface area contributed by atoms with Crippen LogP contribution in [-0.4, -0.2) is 71.4 Å². The van der Waals surface area contributed by atoms with E-state index in [2.05, 4.69) is 15.0 Å². The number of carbonyl (C=O) groups is 1. The zero-order chi connectivity index (χ0) is 22.9. The first kappa shape index (κ1) is 21.7. The molecule has 1 aliphatic heterocycles. The molecule has 12 heteroatoms. The minimum atomic E-state index is -3.80. The van der Waals surface area contributed by atoms with Crippen LogP contribution in [0.4, 0.5) is 5.82 Å². The van der Waals surface area contributed by atoms with Gasteiger partial charge in [0.25, 0.3) is 5.91 Å². The van der Waals surface area contributed by atoms with Crippen LogP contribution in [-0.2, 0) is 10.0 Å². The second-order valence-corrected chi connectivity index (χ2v) is 9.16. The lowest BCUT2D eigenvalue weighted by molar-refractivity contribution is 0.0997. The van der Waals surface area contributed by atoms with Crippen LogP contribution < -0.4 is 15.4 Å². The Hall–Kier alpha value is -3.51. The zero-order valence-electron chi connectivity index (χ0n) is 17.7. The van der Waals surface area contributed by atoms with Crippen LogP contribution >= 0.6 is 0 Å². The summed E-state index contributed by atoms with van der Waals surface area (Å²) in [7, 11) is -2.41. The minimum absolute atomic E-state index is 0.000764. The van der Waals surface area contributed by atoms with Gasteiger partial charge in [0.2, 0.25) is 10.0 Å². The van der Waals surface area contributed by atoms with E-state index in [9.17, 15) is 13.2 Å². The van der Waals surface area contributed by atoms with E-state index in [0.717, 1.165) is 5.82 Å². The number of methoxy groups -OCH3 is 1. The first-order valence-electron chi connectivity index (χ1n) is 9.86. The number of nitrogens with zero attached hydrogens (tertiary/aromatic N) is 6. The summed E-state index contributed by atoms with van der Waals surface area (Å²) < 4.78 is 34.6. The number of primary amides is 1. The molecule has 4 rings (SSSR count). The normalized spacial score (nSPS) is 15.0. The number of hydrogen-bond donors (Lipinski definition) is 1. The molecule has 1 saturated heterocycles. The Morgan fingerprint density at radius 1 is 1.09 bits per heavy atom. The summed E-state index contributed by atoms with van der Waals surface area (Å²) in [4.78, 5) is 26.7. The predicted molar refractivity (Wildman–Crippen MR) is 116 cm³/mol. The number of aryl methyl sites for hydroxylation is 1. The number of carbonyl (C=O) groups excluding carboxylic acids is 1. The van der Waals surface area contributed by atoms with Crippen LogP contribution in [0.2, 0.25) is 0 Å². The third-order valence-electron chi connectivity index (χ3n) is 5.22. The van der Waals surface area contributed by atoms with Crippen molar-refractivity contribution in [3.63, 3.8) is 0 Å². The van der Waals surface area contributed by atoms with E-state index in [-0.39, 0.29) is 29.3 Å². The summed E-state index contributed by atoms with van der Waals surface area (Å²) >= 11 is 0. The van der Waals surface area contributed by atoms with E-state index in [4.69, 9.17) is 10.5 Å². The number of hydrogen-bond acceptors (Lipinski definition) is 8. The van der Waals surface area contributed by atoms with Crippen LogP contribution in [0.3, 0.4) is 0 Å². The highest BCUT2D eigenvalue weighted by atomic mass is 32.2. The van der Waals surface area contributed by atoms with E-state index in [1.807, 2.05) is 17.9 Å². The van der Waals surface area contributed by atoms with Crippen LogP contribution in [0, 0.1) is 6.92 Å². The summed E-state index contributed by atoms with van der Waals surface area (Å²) in [6, 6.07) is 5.96. The van der Waals surface area contributed by atoms with Gasteiger partial charge in [0.15, 0.2) is 0 Å². The molecule has 0 unspecified atom stereocenters. The van der Waals surface area contributed by atoms with Gasteiger partial charge in [-0.2, -0.15) is 4.31 Å². The van der Waals surface area contributed by atoms with Gasteiger partial charge in [-0.05, 0) is 25.1 Å². The molecule has 1 amide bonds. The van der Waals surface area contributed by atoms with Crippen LogP contribution in [0.1, 0.15) is 16.2 Å². The minimum Gasteiger partial charge on any atom is -0.496 e. The Bertz CT molecular complexity index is 1240. The number of aromatic nitrogens is 4. The molecule has 0 radical (unpaired) electrons. The Balaban J connectivity index is 1.53. The zero-order valence-corrected chi connectivity index (χ0v) is 18.5. The summed E-state index contributed by atoms with van der Waals surface area (Å²) in [5.41, 5.74) is 5.39. The SMILES string of the molecule is COc1ccc(S(=O)(=O)N2CCN(c3cc(-n4ccnc4)nc(C)n3)CC2)cc1C(N)=O. The second-order valence-electron chi connectivity index (χ2n) is 7.22. The molecule has 0 atom stereocenters. The number of ether oxygens (including phenoxy) is 1. The highest BCUT2D eigenvalue weighted by molar-refractivity contribution is 7.89. The monoisotopic (exact) mass is 457 g/mol. The molecule has 1 aliphatic rings. The molecule has 2 N–H and O–H groups in total. The van der Waals surface area contributed by atoms with Gasteiger partial charge in [-0.15, -0.1) is 0 Å². The number of anilines is 1. The molecule has 0 aliphatic carbocycles. The van der Waals surface area contributed by atoms with Crippen molar-refractivity contribution in [2.24, 2.45) is 5.73 Å². The summed E-state index contributed by atoms with van der Waals surface area (Å²) in [6.45, 7) is 3.26. The van der Waals surface area contributed by atoms with Gasteiger partial charge in [-0.1, -0.05) is 0 Å². The van der Waals surface area contributed by atoms with Gasteiger partial charge in [0.1, 0.15) is 29.5 Å². The van der Waals surface area contributed by atoms with Crippen LogP contribution in [0.5, 0.6) is 5.75 Å². The highest BCUT2D eigenvalue weighted by Gasteiger charge is 2.30. The van der Waals surface area contributed by atoms with Gasteiger partial charge in [0, 0.05) is 44.6 Å². The lowest BCUT2D eigenvalue weighted by atomic mass is 10.2. The number of piperazine rings is 1. The fraction of sp³-hybridized carbons (Fsp3) is 0.300. The molecule has 0 spiro atoms. The Kier molecular flexibility index (Phi) is 5.80. The van der Waals surface area contributed by atoms with E-state index >= 15 is 0 Å². The smallest absolute Gasteiger partial charge is 0.252 e. The lowest BCUT2D eigenvalue weighted by Crippen LogP contribution is -2.49. The van der Waals surface area contributed by atoms with E-state index in [1.54, 1.807) is 23.3 Å². The number of nitrogens with two attached hydrogens (primary N) is 1. The molecule has 168 valence electrons. The molecule has 1 aromatic carbocycles. The Labute approximate surface area is 185 Å². The lowest BCUT2D eigenvalue weighted by Gasteiger charge is -2.34. The number of sulfonamides is 1. The van der Waals surface area contributed by atoms with Crippen molar-refractivity contribution >= 4 is 21.7 Å². The molecular weight excluding hydrogens is 434 g/mol. The van der Waals surface area contributed by atoms with Gasteiger partial charge >= 0.3 is 0 Å². The molecule has 3 heterocycles. The van der Waals surface area contributed by atoms with Gasteiger partial charge in [0.05, 0.1) is 17.6 Å². The largest absolute Gasteiger partial charge is 0.496 e. The standard InChI is InChI=1S/C20H23N7O4S/c1-14-23-18(12-19(24-14)26-6-5-22-13-26)25-7-9-27(10-8-25)32(29,30)15-3-4-17(31-2)16(11-15)20(21)28/h3-6,11-13H,7-10H2,1-2H3,(H2,21,28). The quantitative estimate of drug-likeness (QED) is 0.568. The van der Waals surface area contributed by atoms with Crippen LogP contribution in [0.25, 0.3) is 5.82 Å². The first-order chi connectivity index (χ1) is 15.3. The summed E-state index contributed by atoms with van der Waals surface area (Å²) in [5.74, 6) is 1.50. The van der Waals surface area contributed by atoms with E-state index in [0.29, 0.717) is 24.7 Å². The molecule has 0 bridgehead atoms. The molecular formula is C20H23N7O4S. The number of benzene rings is 1. The van der Waals surface area contributed by atoms with Crippen molar-refractivity contribution < 1.29 is 17.9 Å². The molecule has 32 heavy (non-hydrogen) atoms. The van der Waals surface area contributed by atoms with Crippen molar-refractivity contribution in [1.29, 1.82) is 0 Å². The maximum absolute atomic E-state index is 13.1. The topological polar surface area (TPSA) is 137 Å². The molecule has 3 aromatic rings. The fourth-order valence-electron chi connectivity index (χ4n) is 3.57. The number of rotatable bonds is 6. The van der Waals surface area contributed by atoms with E-state index < -0.39 is 15.9 Å². The van der Waals surface area contributed by atoms with Crippen molar-refractivity contribution in [2.75, 3.05) is 38.2 Å². The molecule has 1 fully saturated rings. The van der Waals surface area contributed by atoms with Crippen LogP contribution in [0.15, 0.2) is 47.9 Å². The Morgan fingerprint density at radius 3 is 2.44 bits per heavy atom. The third-order valence-corrected chi connectivity index (χ3v) is 7.11. The number of amides is 1. The molecule has 11 nitrogen and oxygen atoms in total. The first-order valence-corrected chi connectivity index (χ1v) is 11.3. The summed E-state index contributed by atoms with van der Waals surface area (Å²) in [5, 5.41) is 0. The molecule has 2 aromatic heterocycles. The van der Waals surface area contributed by atoms with Gasteiger partial charge in [-0.25, -0.2) is 23.4 Å². The molecule has 0 saturated carbocycles. The van der Waals surface area contributed by atoms with Crippen molar-refractivity contribution in [1.82, 2.24) is 23.8 Å². The summed E-state index contributed by atoms with van der Waals surface area (Å²) in [6.07, 6.45) is 5.13. The van der Waals surface area contributed by atoms with Gasteiger partial charge in [-0.3, -0.25) is 9.36 Å². The van der Waals surface area contributed by atoms with Crippen molar-refractivity contribution in [3.05, 3.63) is 54.4 Å². The maximum Gasteiger partial charge on any atom is 0.252 e. The predicted octanol–water partition coefficient (Wildman–Crippen LogP) is 0.589.